The molecule has 1 unspecified atom stereocenters. The standard InChI is InChI=1S/C22H27F3N4O/c1-22(2,30)5-6-29-11-13-7-16(8-14(13)12-29)26-20-4-3-19(27-28-20)17-9-15(23)10-18(24)21(17)25/h3-4,9-10,13-14,16,30H,5-8,11-12H2,1-2H3,(H,26,28)/t13-,14+,16?. The van der Waals surface area contributed by atoms with Crippen LogP contribution in [-0.2, 0) is 0 Å². The zero-order valence-electron chi connectivity index (χ0n) is 17.2. The number of rotatable bonds is 6. The maximum atomic E-state index is 13.9. The number of anilines is 1. The second kappa shape index (κ2) is 8.15. The predicted octanol–water partition coefficient (Wildman–Crippen LogP) is 3.84. The fourth-order valence-corrected chi connectivity index (χ4v) is 4.63. The first kappa shape index (κ1) is 21.1. The van der Waals surface area contributed by atoms with Crippen LogP contribution in [0.4, 0.5) is 19.0 Å². The molecule has 1 saturated carbocycles. The summed E-state index contributed by atoms with van der Waals surface area (Å²) >= 11 is 0. The summed E-state index contributed by atoms with van der Waals surface area (Å²) in [5.74, 6) is -1.42. The van der Waals surface area contributed by atoms with E-state index < -0.39 is 23.1 Å². The molecule has 1 aliphatic carbocycles. The first-order chi connectivity index (χ1) is 14.2. The largest absolute Gasteiger partial charge is 0.390 e. The molecule has 2 aromatic rings. The number of fused-ring (bicyclic) bond motifs is 1. The van der Waals surface area contributed by atoms with Gasteiger partial charge in [-0.05, 0) is 63.1 Å². The lowest BCUT2D eigenvalue weighted by molar-refractivity contribution is 0.0596. The van der Waals surface area contributed by atoms with E-state index in [1.165, 1.54) is 6.07 Å². The van der Waals surface area contributed by atoms with Crippen molar-refractivity contribution in [3.8, 4) is 11.3 Å². The molecule has 2 fully saturated rings. The van der Waals surface area contributed by atoms with Gasteiger partial charge in [0, 0.05) is 37.3 Å². The Morgan fingerprint density at radius 2 is 1.80 bits per heavy atom. The van der Waals surface area contributed by atoms with Gasteiger partial charge in [0.2, 0.25) is 0 Å². The molecule has 1 aliphatic heterocycles. The normalized spacial score (nSPS) is 24.3. The third-order valence-electron chi connectivity index (χ3n) is 6.15. The Hall–Kier alpha value is -2.19. The summed E-state index contributed by atoms with van der Waals surface area (Å²) in [6, 6.07) is 4.89. The van der Waals surface area contributed by atoms with E-state index in [-0.39, 0.29) is 11.3 Å². The monoisotopic (exact) mass is 420 g/mol. The number of nitrogens with one attached hydrogen (secondary N) is 1. The zero-order valence-corrected chi connectivity index (χ0v) is 17.2. The van der Waals surface area contributed by atoms with E-state index in [1.807, 2.05) is 13.8 Å². The van der Waals surface area contributed by atoms with Crippen LogP contribution in [-0.4, -0.2) is 51.5 Å². The third-order valence-corrected chi connectivity index (χ3v) is 6.15. The number of benzene rings is 1. The van der Waals surface area contributed by atoms with Crippen molar-refractivity contribution in [2.24, 2.45) is 11.8 Å². The topological polar surface area (TPSA) is 61.3 Å². The van der Waals surface area contributed by atoms with Gasteiger partial charge in [0.15, 0.2) is 11.6 Å². The van der Waals surface area contributed by atoms with Crippen LogP contribution in [0.25, 0.3) is 11.3 Å². The van der Waals surface area contributed by atoms with Crippen molar-refractivity contribution < 1.29 is 18.3 Å². The van der Waals surface area contributed by atoms with Gasteiger partial charge in [0.05, 0.1) is 11.3 Å². The summed E-state index contributed by atoms with van der Waals surface area (Å²) in [5, 5.41) is 21.3. The summed E-state index contributed by atoms with van der Waals surface area (Å²) in [6.45, 7) is 6.70. The molecule has 1 saturated heterocycles. The molecule has 1 aromatic carbocycles. The van der Waals surface area contributed by atoms with Crippen LogP contribution in [0, 0.1) is 29.3 Å². The Morgan fingerprint density at radius 1 is 1.10 bits per heavy atom. The number of nitrogens with zero attached hydrogens (tertiary/aromatic N) is 3. The minimum atomic E-state index is -1.25. The van der Waals surface area contributed by atoms with Crippen molar-refractivity contribution in [1.82, 2.24) is 15.1 Å². The Bertz CT molecular complexity index is 886. The van der Waals surface area contributed by atoms with E-state index in [1.54, 1.807) is 6.07 Å². The van der Waals surface area contributed by atoms with Gasteiger partial charge in [-0.1, -0.05) is 0 Å². The molecule has 2 N–H and O–H groups in total. The molecule has 8 heteroatoms. The van der Waals surface area contributed by atoms with Gasteiger partial charge < -0.3 is 15.3 Å². The average molecular weight is 420 g/mol. The summed E-state index contributed by atoms with van der Waals surface area (Å²) < 4.78 is 40.8. The predicted molar refractivity (Wildman–Crippen MR) is 108 cm³/mol. The number of aromatic nitrogens is 2. The summed E-state index contributed by atoms with van der Waals surface area (Å²) in [7, 11) is 0. The van der Waals surface area contributed by atoms with E-state index in [9.17, 15) is 18.3 Å². The summed E-state index contributed by atoms with van der Waals surface area (Å²) in [6.07, 6.45) is 2.85. The van der Waals surface area contributed by atoms with Crippen molar-refractivity contribution in [2.45, 2.75) is 44.8 Å². The van der Waals surface area contributed by atoms with E-state index in [4.69, 9.17) is 0 Å². The van der Waals surface area contributed by atoms with Crippen molar-refractivity contribution in [3.63, 3.8) is 0 Å². The molecule has 30 heavy (non-hydrogen) atoms. The average Bonchev–Trinajstić information content (AvgIpc) is 3.21. The highest BCUT2D eigenvalue weighted by atomic mass is 19.2. The Morgan fingerprint density at radius 3 is 2.40 bits per heavy atom. The van der Waals surface area contributed by atoms with Gasteiger partial charge in [-0.3, -0.25) is 0 Å². The number of hydrogen-bond donors (Lipinski definition) is 2. The molecular weight excluding hydrogens is 393 g/mol. The molecule has 0 bridgehead atoms. The summed E-state index contributed by atoms with van der Waals surface area (Å²) in [4.78, 5) is 2.44. The van der Waals surface area contributed by atoms with Gasteiger partial charge in [-0.15, -0.1) is 10.2 Å². The Kier molecular flexibility index (Phi) is 5.72. The highest BCUT2D eigenvalue weighted by Gasteiger charge is 2.41. The van der Waals surface area contributed by atoms with Crippen LogP contribution in [0.1, 0.15) is 33.1 Å². The van der Waals surface area contributed by atoms with Crippen LogP contribution < -0.4 is 5.32 Å². The molecule has 4 rings (SSSR count). The highest BCUT2D eigenvalue weighted by Crippen LogP contribution is 2.39. The number of likely N-dealkylation sites (tertiary alicyclic amines) is 1. The quantitative estimate of drug-likeness (QED) is 0.696. The lowest BCUT2D eigenvalue weighted by Crippen LogP contribution is -2.31. The van der Waals surface area contributed by atoms with Gasteiger partial charge >= 0.3 is 0 Å². The molecule has 5 nitrogen and oxygen atoms in total. The first-order valence-corrected chi connectivity index (χ1v) is 10.4. The fraction of sp³-hybridized carbons (Fsp3) is 0.545. The molecule has 162 valence electrons. The zero-order chi connectivity index (χ0) is 21.5. The SMILES string of the molecule is CC(C)(O)CCN1C[C@H]2CC(Nc3ccc(-c4cc(F)cc(F)c4F)nn3)C[C@H]2C1. The van der Waals surface area contributed by atoms with Gasteiger partial charge in [-0.25, -0.2) is 13.2 Å². The van der Waals surface area contributed by atoms with Crippen LogP contribution >= 0.6 is 0 Å². The second-order valence-corrected chi connectivity index (χ2v) is 9.21. The highest BCUT2D eigenvalue weighted by molar-refractivity contribution is 5.60. The molecule has 0 amide bonds. The minimum absolute atomic E-state index is 0.0854. The lowest BCUT2D eigenvalue weighted by Gasteiger charge is -2.23. The smallest absolute Gasteiger partial charge is 0.168 e. The van der Waals surface area contributed by atoms with Gasteiger partial charge in [0.1, 0.15) is 11.6 Å². The first-order valence-electron chi connectivity index (χ1n) is 10.4. The van der Waals surface area contributed by atoms with Crippen LogP contribution in [0.2, 0.25) is 0 Å². The van der Waals surface area contributed by atoms with Crippen LogP contribution in [0.5, 0.6) is 0 Å². The molecule has 0 spiro atoms. The second-order valence-electron chi connectivity index (χ2n) is 9.21. The maximum absolute atomic E-state index is 13.9. The number of aliphatic hydroxyl groups is 1. The fourth-order valence-electron chi connectivity index (χ4n) is 4.63. The Labute approximate surface area is 174 Å². The molecule has 0 radical (unpaired) electrons. The van der Waals surface area contributed by atoms with Gasteiger partial charge in [-0.2, -0.15) is 0 Å². The van der Waals surface area contributed by atoms with Gasteiger partial charge in [0.25, 0.3) is 0 Å². The van der Waals surface area contributed by atoms with E-state index in [2.05, 4.69) is 20.4 Å². The number of halogens is 3. The molecule has 1 aromatic heterocycles. The van der Waals surface area contributed by atoms with E-state index >= 15 is 0 Å². The minimum Gasteiger partial charge on any atom is -0.390 e. The van der Waals surface area contributed by atoms with Crippen molar-refractivity contribution in [3.05, 3.63) is 41.7 Å². The Balaban J connectivity index is 1.33. The molecule has 2 aliphatic rings. The molecule has 3 atom stereocenters. The lowest BCUT2D eigenvalue weighted by atomic mass is 10.0. The summed E-state index contributed by atoms with van der Waals surface area (Å²) in [5.41, 5.74) is -0.789. The van der Waals surface area contributed by atoms with Crippen molar-refractivity contribution in [1.29, 1.82) is 0 Å². The van der Waals surface area contributed by atoms with Crippen molar-refractivity contribution >= 4 is 5.82 Å². The van der Waals surface area contributed by atoms with Crippen molar-refractivity contribution in [2.75, 3.05) is 25.0 Å². The van der Waals surface area contributed by atoms with E-state index in [0.29, 0.717) is 29.8 Å². The van der Waals surface area contributed by atoms with E-state index in [0.717, 1.165) is 45.0 Å². The number of hydrogen-bond acceptors (Lipinski definition) is 5. The maximum Gasteiger partial charge on any atom is 0.168 e. The molecule has 2 heterocycles. The van der Waals surface area contributed by atoms with Crippen LogP contribution in [0.3, 0.4) is 0 Å². The van der Waals surface area contributed by atoms with Crippen LogP contribution in [0.15, 0.2) is 24.3 Å². The molecular formula is C22H27F3N4O. The third kappa shape index (κ3) is 4.75.